The molecule has 1 saturated heterocycles. The lowest BCUT2D eigenvalue weighted by Crippen LogP contribution is -2.45. The largest absolute Gasteiger partial charge is 0.541 e. The Balaban J connectivity index is 2.04. The van der Waals surface area contributed by atoms with Crippen LogP contribution in [0.3, 0.4) is 0 Å². The summed E-state index contributed by atoms with van der Waals surface area (Å²) in [6.07, 6.45) is 2.69. The minimum atomic E-state index is -2.52. The molecule has 2 atom stereocenters. The molecule has 2 unspecified atom stereocenters. The number of carbonyl (C=O) groups is 2. The highest BCUT2D eigenvalue weighted by atomic mass is 32.2. The van der Waals surface area contributed by atoms with Gasteiger partial charge in [0.2, 0.25) is 0 Å². The van der Waals surface area contributed by atoms with Gasteiger partial charge in [-0.3, -0.25) is 4.79 Å². The molecule has 0 spiro atoms. The number of thioether (sulfide) groups is 1. The lowest BCUT2D eigenvalue weighted by atomic mass is 10.2. The Labute approximate surface area is 172 Å². The maximum absolute atomic E-state index is 14.4. The number of ether oxygens (including phenoxy) is 1. The number of alkyl halides is 1. The molecule has 8 heteroatoms. The van der Waals surface area contributed by atoms with E-state index < -0.39 is 20.2 Å². The second-order valence-corrected chi connectivity index (χ2v) is 12.5. The molecule has 0 N–H and O–H groups in total. The van der Waals surface area contributed by atoms with Crippen molar-refractivity contribution >= 4 is 31.3 Å². The summed E-state index contributed by atoms with van der Waals surface area (Å²) in [7, 11) is -2.52. The van der Waals surface area contributed by atoms with E-state index in [2.05, 4.69) is 0 Å². The number of hydrogen-bond donors (Lipinski definition) is 0. The van der Waals surface area contributed by atoms with Gasteiger partial charge in [0.25, 0.3) is 13.6 Å². The van der Waals surface area contributed by atoms with Gasteiger partial charge in [0.15, 0.2) is 0 Å². The molecule has 0 bridgehead atoms. The maximum atomic E-state index is 14.4. The SMILES string of the molecule is CCCC(F)[Si](C)(C)Oc1cccc(SC(=O)N2CCCC2C(=O)OCC)c1. The van der Waals surface area contributed by atoms with Gasteiger partial charge >= 0.3 is 5.97 Å². The normalized spacial score (nSPS) is 18.0. The van der Waals surface area contributed by atoms with Crippen molar-refractivity contribution in [2.24, 2.45) is 0 Å². The minimum Gasteiger partial charge on any atom is -0.541 e. The second-order valence-electron chi connectivity index (χ2n) is 7.41. The number of benzene rings is 1. The van der Waals surface area contributed by atoms with Crippen molar-refractivity contribution < 1.29 is 23.1 Å². The van der Waals surface area contributed by atoms with Crippen LogP contribution < -0.4 is 4.43 Å². The van der Waals surface area contributed by atoms with E-state index in [1.807, 2.05) is 26.1 Å². The number of likely N-dealkylation sites (tertiary alicyclic amines) is 1. The van der Waals surface area contributed by atoms with Crippen molar-refractivity contribution in [1.29, 1.82) is 0 Å². The van der Waals surface area contributed by atoms with Gasteiger partial charge in [0.1, 0.15) is 17.6 Å². The van der Waals surface area contributed by atoms with Crippen LogP contribution in [0.4, 0.5) is 9.18 Å². The van der Waals surface area contributed by atoms with E-state index in [-0.39, 0.29) is 11.2 Å². The molecule has 1 amide bonds. The standard InChI is InChI=1S/C20H30FNO4SSi/c1-5-9-18(21)28(3,4)26-15-10-7-11-16(14-15)27-20(24)22-13-8-12-17(22)19(23)25-6-2/h7,10-11,14,17-18H,5-6,8-9,12-13H2,1-4H3. The van der Waals surface area contributed by atoms with Crippen molar-refractivity contribution in [3.8, 4) is 5.75 Å². The molecule has 0 aromatic heterocycles. The first-order chi connectivity index (χ1) is 13.3. The summed E-state index contributed by atoms with van der Waals surface area (Å²) in [5.41, 5.74) is 0. The lowest BCUT2D eigenvalue weighted by Gasteiger charge is -2.27. The molecular weight excluding hydrogens is 397 g/mol. The topological polar surface area (TPSA) is 55.8 Å². The van der Waals surface area contributed by atoms with Crippen LogP contribution in [0.2, 0.25) is 13.1 Å². The van der Waals surface area contributed by atoms with Crippen molar-refractivity contribution in [3.63, 3.8) is 0 Å². The van der Waals surface area contributed by atoms with Crippen LogP contribution in [0.25, 0.3) is 0 Å². The van der Waals surface area contributed by atoms with Gasteiger partial charge in [-0.25, -0.2) is 9.18 Å². The lowest BCUT2D eigenvalue weighted by molar-refractivity contribution is -0.147. The first-order valence-corrected chi connectivity index (χ1v) is 13.7. The van der Waals surface area contributed by atoms with Crippen molar-refractivity contribution in [2.75, 3.05) is 13.2 Å². The summed E-state index contributed by atoms with van der Waals surface area (Å²) < 4.78 is 25.5. The molecule has 28 heavy (non-hydrogen) atoms. The third kappa shape index (κ3) is 5.98. The number of halogens is 1. The molecule has 5 nitrogen and oxygen atoms in total. The number of hydrogen-bond acceptors (Lipinski definition) is 5. The predicted molar refractivity (Wildman–Crippen MR) is 112 cm³/mol. The van der Waals surface area contributed by atoms with Gasteiger partial charge in [-0.15, -0.1) is 0 Å². The fraction of sp³-hybridized carbons (Fsp3) is 0.600. The van der Waals surface area contributed by atoms with E-state index in [1.165, 1.54) is 0 Å². The number of esters is 1. The van der Waals surface area contributed by atoms with E-state index in [1.54, 1.807) is 30.0 Å². The Hall–Kier alpha value is -1.54. The summed E-state index contributed by atoms with van der Waals surface area (Å²) in [4.78, 5) is 27.1. The van der Waals surface area contributed by atoms with Crippen molar-refractivity contribution in [2.45, 2.75) is 69.4 Å². The number of nitrogens with zero attached hydrogens (tertiary/aromatic N) is 1. The van der Waals surface area contributed by atoms with E-state index in [0.29, 0.717) is 36.6 Å². The first-order valence-electron chi connectivity index (χ1n) is 9.86. The quantitative estimate of drug-likeness (QED) is 0.325. The minimum absolute atomic E-state index is 0.182. The molecule has 0 radical (unpaired) electrons. The molecule has 1 aliphatic heterocycles. The van der Waals surface area contributed by atoms with E-state index >= 15 is 0 Å². The van der Waals surface area contributed by atoms with Gasteiger partial charge in [-0.05, 0) is 69.2 Å². The first kappa shape index (κ1) is 22.7. The van der Waals surface area contributed by atoms with Gasteiger partial charge < -0.3 is 14.1 Å². The van der Waals surface area contributed by atoms with Gasteiger partial charge in [-0.2, -0.15) is 0 Å². The average Bonchev–Trinajstić information content (AvgIpc) is 3.12. The molecule has 0 saturated carbocycles. The van der Waals surface area contributed by atoms with Gasteiger partial charge in [-0.1, -0.05) is 19.4 Å². The molecule has 1 aromatic rings. The fourth-order valence-electron chi connectivity index (χ4n) is 3.20. The van der Waals surface area contributed by atoms with Crippen LogP contribution in [-0.2, 0) is 9.53 Å². The Kier molecular flexibility index (Phi) is 8.36. The number of carbonyl (C=O) groups excluding carboxylic acids is 2. The monoisotopic (exact) mass is 427 g/mol. The summed E-state index contributed by atoms with van der Waals surface area (Å²) in [5.74, 6) is -0.703. The zero-order valence-corrected chi connectivity index (χ0v) is 18.9. The molecule has 2 rings (SSSR count). The number of amides is 1. The Morgan fingerprint density at radius 2 is 2.11 bits per heavy atom. The highest BCUT2D eigenvalue weighted by Gasteiger charge is 2.36. The highest BCUT2D eigenvalue weighted by Crippen LogP contribution is 2.31. The van der Waals surface area contributed by atoms with Crippen LogP contribution in [0.5, 0.6) is 5.75 Å². The van der Waals surface area contributed by atoms with Crippen LogP contribution in [0.15, 0.2) is 29.2 Å². The molecule has 1 fully saturated rings. The van der Waals surface area contributed by atoms with Gasteiger partial charge in [0.05, 0.1) is 6.61 Å². The smallest absolute Gasteiger partial charge is 0.328 e. The van der Waals surface area contributed by atoms with E-state index in [4.69, 9.17) is 9.16 Å². The summed E-state index contributed by atoms with van der Waals surface area (Å²) >= 11 is 1.06. The molecule has 1 aliphatic rings. The summed E-state index contributed by atoms with van der Waals surface area (Å²) in [6, 6.07) is 6.67. The Bertz CT molecular complexity index is 688. The summed E-state index contributed by atoms with van der Waals surface area (Å²) in [5, 5.41) is -0.182. The van der Waals surface area contributed by atoms with E-state index in [9.17, 15) is 14.0 Å². The molecule has 0 aliphatic carbocycles. The zero-order valence-electron chi connectivity index (χ0n) is 17.1. The van der Waals surface area contributed by atoms with Crippen LogP contribution in [0, 0.1) is 0 Å². The third-order valence-electron chi connectivity index (χ3n) is 4.73. The van der Waals surface area contributed by atoms with Crippen molar-refractivity contribution in [1.82, 2.24) is 4.90 Å². The van der Waals surface area contributed by atoms with Gasteiger partial charge in [0, 0.05) is 11.4 Å². The Morgan fingerprint density at radius 3 is 2.79 bits per heavy atom. The fourth-order valence-corrected chi connectivity index (χ4v) is 5.90. The molecule has 1 heterocycles. The van der Waals surface area contributed by atoms with E-state index in [0.717, 1.165) is 24.6 Å². The average molecular weight is 428 g/mol. The maximum Gasteiger partial charge on any atom is 0.328 e. The third-order valence-corrected chi connectivity index (χ3v) is 8.19. The highest BCUT2D eigenvalue weighted by molar-refractivity contribution is 8.13. The second kappa shape index (κ2) is 10.3. The zero-order chi connectivity index (χ0) is 20.7. The molecule has 156 valence electrons. The predicted octanol–water partition coefficient (Wildman–Crippen LogP) is 5.19. The number of rotatable bonds is 8. The molecular formula is C20H30FNO4SSi. The van der Waals surface area contributed by atoms with Crippen LogP contribution in [0.1, 0.15) is 39.5 Å². The summed E-state index contributed by atoms with van der Waals surface area (Å²) in [6.45, 7) is 8.30. The Morgan fingerprint density at radius 1 is 1.36 bits per heavy atom. The molecule has 1 aromatic carbocycles. The van der Waals surface area contributed by atoms with Crippen LogP contribution in [-0.4, -0.2) is 49.4 Å². The van der Waals surface area contributed by atoms with Crippen molar-refractivity contribution in [3.05, 3.63) is 24.3 Å². The van der Waals surface area contributed by atoms with Crippen LogP contribution >= 0.6 is 11.8 Å².